The van der Waals surface area contributed by atoms with Crippen molar-refractivity contribution in [2.45, 2.75) is 19.9 Å². The molecule has 1 aromatic rings. The van der Waals surface area contributed by atoms with Crippen LogP contribution in [0.3, 0.4) is 0 Å². The van der Waals surface area contributed by atoms with E-state index in [4.69, 9.17) is 0 Å². The Balaban J connectivity index is 2.24. The van der Waals surface area contributed by atoms with Crippen LogP contribution in [0.4, 0.5) is 8.78 Å². The van der Waals surface area contributed by atoms with Gasteiger partial charge >= 0.3 is 0 Å². The van der Waals surface area contributed by atoms with Crippen LogP contribution in [0.5, 0.6) is 0 Å². The first-order valence-electron chi connectivity index (χ1n) is 5.60. The minimum absolute atomic E-state index is 0.371. The Morgan fingerprint density at radius 2 is 1.88 bits per heavy atom. The third-order valence-corrected chi connectivity index (χ3v) is 2.30. The van der Waals surface area contributed by atoms with Gasteiger partial charge in [-0.25, -0.2) is 8.78 Å². The van der Waals surface area contributed by atoms with Gasteiger partial charge in [0, 0.05) is 12.1 Å². The van der Waals surface area contributed by atoms with Crippen molar-refractivity contribution < 1.29 is 8.78 Å². The highest BCUT2D eigenvalue weighted by atomic mass is 19.2. The van der Waals surface area contributed by atoms with E-state index in [0.29, 0.717) is 12.1 Å². The lowest BCUT2D eigenvalue weighted by atomic mass is 10.2. The summed E-state index contributed by atoms with van der Waals surface area (Å²) < 4.78 is 26.0. The first-order chi connectivity index (χ1) is 7.75. The van der Waals surface area contributed by atoms with E-state index < -0.39 is 11.6 Å². The molecular formula is C12H18F2N2. The van der Waals surface area contributed by atoms with E-state index in [1.54, 1.807) is 6.07 Å². The standard InChI is InChI=1S/C12H18F2N2/c1-2-15-7-4-8-16-9-10-5-3-6-11(13)12(10)14/h3,5-6,15-16H,2,4,7-9H2,1H3. The molecule has 0 aliphatic carbocycles. The van der Waals surface area contributed by atoms with Gasteiger partial charge in [-0.05, 0) is 32.1 Å². The van der Waals surface area contributed by atoms with Crippen molar-refractivity contribution in [1.29, 1.82) is 0 Å². The molecule has 90 valence electrons. The van der Waals surface area contributed by atoms with E-state index in [-0.39, 0.29) is 0 Å². The SMILES string of the molecule is CCNCCCNCc1cccc(F)c1F. The molecule has 0 heterocycles. The molecule has 0 unspecified atom stereocenters. The van der Waals surface area contributed by atoms with E-state index >= 15 is 0 Å². The number of halogens is 2. The Bertz CT molecular complexity index is 316. The molecule has 0 bridgehead atoms. The summed E-state index contributed by atoms with van der Waals surface area (Å²) in [6.45, 7) is 5.11. The van der Waals surface area contributed by atoms with Crippen molar-refractivity contribution in [1.82, 2.24) is 10.6 Å². The molecule has 1 aromatic carbocycles. The maximum absolute atomic E-state index is 13.2. The monoisotopic (exact) mass is 228 g/mol. The van der Waals surface area contributed by atoms with E-state index in [0.717, 1.165) is 32.1 Å². The zero-order chi connectivity index (χ0) is 11.8. The molecule has 0 spiro atoms. The molecule has 0 amide bonds. The van der Waals surface area contributed by atoms with Gasteiger partial charge in [0.2, 0.25) is 0 Å². The second-order valence-corrected chi connectivity index (χ2v) is 3.60. The van der Waals surface area contributed by atoms with Crippen LogP contribution < -0.4 is 10.6 Å². The van der Waals surface area contributed by atoms with E-state index in [9.17, 15) is 8.78 Å². The van der Waals surface area contributed by atoms with Crippen LogP contribution in [0.25, 0.3) is 0 Å². The Hall–Kier alpha value is -1.00. The Labute approximate surface area is 95.1 Å². The topological polar surface area (TPSA) is 24.1 Å². The molecule has 0 aliphatic heterocycles. The number of benzene rings is 1. The molecule has 0 saturated carbocycles. The molecule has 16 heavy (non-hydrogen) atoms. The summed E-state index contributed by atoms with van der Waals surface area (Å²) >= 11 is 0. The highest BCUT2D eigenvalue weighted by molar-refractivity contribution is 5.18. The Morgan fingerprint density at radius 3 is 2.62 bits per heavy atom. The van der Waals surface area contributed by atoms with Crippen LogP contribution in [0.1, 0.15) is 18.9 Å². The highest BCUT2D eigenvalue weighted by Gasteiger charge is 2.06. The number of nitrogens with one attached hydrogen (secondary N) is 2. The smallest absolute Gasteiger partial charge is 0.163 e. The molecule has 0 fully saturated rings. The lowest BCUT2D eigenvalue weighted by molar-refractivity contribution is 0.491. The maximum atomic E-state index is 13.2. The van der Waals surface area contributed by atoms with Crippen LogP contribution in [0, 0.1) is 11.6 Å². The Morgan fingerprint density at radius 1 is 1.12 bits per heavy atom. The molecule has 2 nitrogen and oxygen atoms in total. The van der Waals surface area contributed by atoms with Crippen LogP contribution in [0.2, 0.25) is 0 Å². The summed E-state index contributed by atoms with van der Waals surface area (Å²) in [5, 5.41) is 6.28. The van der Waals surface area contributed by atoms with Crippen LogP contribution in [-0.4, -0.2) is 19.6 Å². The minimum Gasteiger partial charge on any atom is -0.317 e. The molecule has 4 heteroatoms. The van der Waals surface area contributed by atoms with Gasteiger partial charge in [-0.2, -0.15) is 0 Å². The lowest BCUT2D eigenvalue weighted by Gasteiger charge is -2.06. The van der Waals surface area contributed by atoms with Crippen molar-refractivity contribution in [2.75, 3.05) is 19.6 Å². The van der Waals surface area contributed by atoms with Gasteiger partial charge in [0.15, 0.2) is 11.6 Å². The average molecular weight is 228 g/mol. The van der Waals surface area contributed by atoms with Gasteiger partial charge in [-0.3, -0.25) is 0 Å². The van der Waals surface area contributed by atoms with Gasteiger partial charge in [0.05, 0.1) is 0 Å². The quantitative estimate of drug-likeness (QED) is 0.698. The Kier molecular flexibility index (Phi) is 5.96. The predicted molar refractivity (Wildman–Crippen MR) is 61.2 cm³/mol. The van der Waals surface area contributed by atoms with E-state index in [2.05, 4.69) is 17.6 Å². The fourth-order valence-electron chi connectivity index (χ4n) is 1.42. The molecule has 0 aliphatic rings. The second-order valence-electron chi connectivity index (χ2n) is 3.60. The van der Waals surface area contributed by atoms with Crippen LogP contribution in [0.15, 0.2) is 18.2 Å². The van der Waals surface area contributed by atoms with Gasteiger partial charge in [0.1, 0.15) is 0 Å². The third-order valence-electron chi connectivity index (χ3n) is 2.30. The summed E-state index contributed by atoms with van der Waals surface area (Å²) in [7, 11) is 0. The summed E-state index contributed by atoms with van der Waals surface area (Å²) in [5.74, 6) is -1.53. The number of hydrogen-bond donors (Lipinski definition) is 2. The normalized spacial score (nSPS) is 10.7. The minimum atomic E-state index is -0.785. The van der Waals surface area contributed by atoms with Crippen molar-refractivity contribution in [2.24, 2.45) is 0 Å². The van der Waals surface area contributed by atoms with Gasteiger partial charge in [-0.15, -0.1) is 0 Å². The van der Waals surface area contributed by atoms with Crippen molar-refractivity contribution in [3.63, 3.8) is 0 Å². The number of rotatable bonds is 7. The molecule has 0 radical (unpaired) electrons. The first kappa shape index (κ1) is 13.1. The van der Waals surface area contributed by atoms with Crippen LogP contribution >= 0.6 is 0 Å². The summed E-state index contributed by atoms with van der Waals surface area (Å²) in [5.41, 5.74) is 0.378. The van der Waals surface area contributed by atoms with Crippen molar-refractivity contribution in [3.8, 4) is 0 Å². The fourth-order valence-corrected chi connectivity index (χ4v) is 1.42. The number of hydrogen-bond acceptors (Lipinski definition) is 2. The summed E-state index contributed by atoms with van der Waals surface area (Å²) in [6, 6.07) is 4.24. The zero-order valence-corrected chi connectivity index (χ0v) is 9.52. The summed E-state index contributed by atoms with van der Waals surface area (Å²) in [4.78, 5) is 0. The van der Waals surface area contributed by atoms with Gasteiger partial charge in [-0.1, -0.05) is 19.1 Å². The predicted octanol–water partition coefficient (Wildman–Crippen LogP) is 2.05. The molecule has 2 N–H and O–H groups in total. The fraction of sp³-hybridized carbons (Fsp3) is 0.500. The van der Waals surface area contributed by atoms with Gasteiger partial charge in [0.25, 0.3) is 0 Å². The maximum Gasteiger partial charge on any atom is 0.163 e. The molecule has 1 rings (SSSR count). The summed E-state index contributed by atoms with van der Waals surface area (Å²) in [6.07, 6.45) is 0.977. The lowest BCUT2D eigenvalue weighted by Crippen LogP contribution is -2.21. The van der Waals surface area contributed by atoms with Crippen molar-refractivity contribution in [3.05, 3.63) is 35.4 Å². The van der Waals surface area contributed by atoms with E-state index in [1.807, 2.05) is 0 Å². The molecule has 0 saturated heterocycles. The van der Waals surface area contributed by atoms with Gasteiger partial charge < -0.3 is 10.6 Å². The van der Waals surface area contributed by atoms with Crippen molar-refractivity contribution >= 4 is 0 Å². The third kappa shape index (κ3) is 4.24. The molecule has 0 atom stereocenters. The molecular weight excluding hydrogens is 210 g/mol. The largest absolute Gasteiger partial charge is 0.317 e. The zero-order valence-electron chi connectivity index (χ0n) is 9.52. The molecule has 0 aromatic heterocycles. The average Bonchev–Trinajstić information content (AvgIpc) is 2.29. The van der Waals surface area contributed by atoms with E-state index in [1.165, 1.54) is 6.07 Å². The first-order valence-corrected chi connectivity index (χ1v) is 5.60. The highest BCUT2D eigenvalue weighted by Crippen LogP contribution is 2.10. The second kappa shape index (κ2) is 7.30. The van der Waals surface area contributed by atoms with Crippen LogP contribution in [-0.2, 0) is 6.54 Å².